The second-order valence-electron chi connectivity index (χ2n) is 5.49. The molecule has 1 heterocycles. The van der Waals surface area contributed by atoms with E-state index in [2.05, 4.69) is 0 Å². The summed E-state index contributed by atoms with van der Waals surface area (Å²) in [5.41, 5.74) is 0.714. The Balaban J connectivity index is 2.37. The second-order valence-corrected chi connectivity index (χ2v) is 8.53. The van der Waals surface area contributed by atoms with Gasteiger partial charge >= 0.3 is 0 Å². The lowest BCUT2D eigenvalue weighted by molar-refractivity contribution is 0.297. The van der Waals surface area contributed by atoms with E-state index >= 15 is 0 Å². The SMILES string of the molecule is CC(C)(C(Cl)c1ccc2c(c1)OCCCO2)S(C)(=O)=O. The van der Waals surface area contributed by atoms with E-state index in [4.69, 9.17) is 21.1 Å². The smallest absolute Gasteiger partial charge is 0.161 e. The number of rotatable bonds is 3. The Morgan fingerprint density at radius 3 is 2.40 bits per heavy atom. The van der Waals surface area contributed by atoms with Crippen molar-refractivity contribution in [3.63, 3.8) is 0 Å². The van der Waals surface area contributed by atoms with Crippen LogP contribution in [0.25, 0.3) is 0 Å². The van der Waals surface area contributed by atoms with Crippen LogP contribution in [0.15, 0.2) is 18.2 Å². The van der Waals surface area contributed by atoms with E-state index in [-0.39, 0.29) is 0 Å². The topological polar surface area (TPSA) is 52.6 Å². The average molecular weight is 319 g/mol. The lowest BCUT2D eigenvalue weighted by Gasteiger charge is -2.28. The van der Waals surface area contributed by atoms with E-state index in [9.17, 15) is 8.42 Å². The minimum absolute atomic E-state index is 0.582. The number of hydrogen-bond acceptors (Lipinski definition) is 4. The van der Waals surface area contributed by atoms with Crippen molar-refractivity contribution < 1.29 is 17.9 Å². The predicted octanol–water partition coefficient (Wildman–Crippen LogP) is 2.95. The van der Waals surface area contributed by atoms with Crippen LogP contribution >= 0.6 is 11.6 Å². The molecule has 0 aromatic heterocycles. The first-order valence-corrected chi connectivity index (χ1v) is 8.79. The van der Waals surface area contributed by atoms with E-state index in [1.807, 2.05) is 0 Å². The lowest BCUT2D eigenvalue weighted by atomic mass is 10.0. The van der Waals surface area contributed by atoms with Gasteiger partial charge in [-0.15, -0.1) is 11.6 Å². The van der Waals surface area contributed by atoms with Gasteiger partial charge in [-0.1, -0.05) is 6.07 Å². The van der Waals surface area contributed by atoms with Gasteiger partial charge in [0, 0.05) is 12.7 Å². The first kappa shape index (κ1) is 15.4. The van der Waals surface area contributed by atoms with E-state index < -0.39 is 20.0 Å². The maximum atomic E-state index is 11.9. The molecule has 20 heavy (non-hydrogen) atoms. The first-order valence-electron chi connectivity index (χ1n) is 6.46. The monoisotopic (exact) mass is 318 g/mol. The Hall–Kier alpha value is -0.940. The molecule has 1 aliphatic heterocycles. The van der Waals surface area contributed by atoms with Crippen molar-refractivity contribution in [1.82, 2.24) is 0 Å². The standard InChI is InChI=1S/C14H19ClO4S/c1-14(2,20(3,16)17)13(15)10-5-6-11-12(9-10)19-8-4-7-18-11/h5-6,9,13H,4,7-8H2,1-3H3. The number of benzene rings is 1. The van der Waals surface area contributed by atoms with Gasteiger partial charge in [0.15, 0.2) is 21.3 Å². The number of alkyl halides is 1. The Morgan fingerprint density at radius 1 is 1.20 bits per heavy atom. The highest BCUT2D eigenvalue weighted by Crippen LogP contribution is 2.41. The Kier molecular flexibility index (Phi) is 4.21. The summed E-state index contributed by atoms with van der Waals surface area (Å²) in [7, 11) is -3.28. The van der Waals surface area contributed by atoms with Crippen LogP contribution in [-0.2, 0) is 9.84 Å². The van der Waals surface area contributed by atoms with Gasteiger partial charge in [0.2, 0.25) is 0 Å². The molecule has 0 spiro atoms. The van der Waals surface area contributed by atoms with Gasteiger partial charge in [0.05, 0.1) is 23.3 Å². The van der Waals surface area contributed by atoms with Crippen LogP contribution in [0.2, 0.25) is 0 Å². The Morgan fingerprint density at radius 2 is 1.80 bits per heavy atom. The molecule has 1 aromatic carbocycles. The van der Waals surface area contributed by atoms with Gasteiger partial charge in [0.25, 0.3) is 0 Å². The van der Waals surface area contributed by atoms with Crippen molar-refractivity contribution in [2.75, 3.05) is 19.5 Å². The van der Waals surface area contributed by atoms with Crippen LogP contribution in [0.5, 0.6) is 11.5 Å². The highest BCUT2D eigenvalue weighted by Gasteiger charge is 2.39. The molecular formula is C14H19ClO4S. The maximum absolute atomic E-state index is 11.9. The number of halogens is 1. The second kappa shape index (κ2) is 5.45. The van der Waals surface area contributed by atoms with Gasteiger partial charge in [-0.3, -0.25) is 0 Å². The quantitative estimate of drug-likeness (QED) is 0.804. The largest absolute Gasteiger partial charge is 0.490 e. The van der Waals surface area contributed by atoms with E-state index in [1.165, 1.54) is 6.26 Å². The lowest BCUT2D eigenvalue weighted by Crippen LogP contribution is -2.35. The van der Waals surface area contributed by atoms with Gasteiger partial charge < -0.3 is 9.47 Å². The summed E-state index contributed by atoms with van der Waals surface area (Å²) in [6.07, 6.45) is 2.02. The molecule has 1 unspecified atom stereocenters. The maximum Gasteiger partial charge on any atom is 0.161 e. The zero-order valence-electron chi connectivity index (χ0n) is 11.8. The van der Waals surface area contributed by atoms with Crippen LogP contribution in [-0.4, -0.2) is 32.6 Å². The van der Waals surface area contributed by atoms with Gasteiger partial charge in [-0.25, -0.2) is 8.42 Å². The van der Waals surface area contributed by atoms with Crippen molar-refractivity contribution in [2.45, 2.75) is 30.4 Å². The molecule has 0 fully saturated rings. The van der Waals surface area contributed by atoms with Crippen molar-refractivity contribution in [2.24, 2.45) is 0 Å². The minimum atomic E-state index is -3.28. The molecule has 1 atom stereocenters. The third-order valence-electron chi connectivity index (χ3n) is 3.63. The summed E-state index contributed by atoms with van der Waals surface area (Å²) in [4.78, 5) is 0. The molecule has 6 heteroatoms. The summed E-state index contributed by atoms with van der Waals surface area (Å²) in [6, 6.07) is 5.34. The van der Waals surface area contributed by atoms with Gasteiger partial charge in [-0.05, 0) is 31.5 Å². The number of ether oxygens (including phenoxy) is 2. The molecule has 0 saturated carbocycles. The summed E-state index contributed by atoms with van der Waals surface area (Å²) in [5, 5.41) is -0.658. The molecule has 1 aliphatic rings. The molecule has 0 bridgehead atoms. The molecule has 0 N–H and O–H groups in total. The Bertz CT molecular complexity index is 595. The van der Waals surface area contributed by atoms with Crippen LogP contribution in [0, 0.1) is 0 Å². The summed E-state index contributed by atoms with van der Waals surface area (Å²) in [5.74, 6) is 1.29. The normalized spacial score (nSPS) is 17.4. The number of fused-ring (bicyclic) bond motifs is 1. The average Bonchev–Trinajstić information content (AvgIpc) is 2.60. The molecule has 2 rings (SSSR count). The third kappa shape index (κ3) is 2.88. The predicted molar refractivity (Wildman–Crippen MR) is 79.6 cm³/mol. The molecule has 112 valence electrons. The molecule has 1 aromatic rings. The first-order chi connectivity index (χ1) is 9.23. The fraction of sp³-hybridized carbons (Fsp3) is 0.571. The Labute approximate surface area is 125 Å². The summed E-state index contributed by atoms with van der Waals surface area (Å²) in [6.45, 7) is 4.45. The minimum Gasteiger partial charge on any atom is -0.490 e. The van der Waals surface area contributed by atoms with Gasteiger partial charge in [0.1, 0.15) is 0 Å². The van der Waals surface area contributed by atoms with E-state index in [1.54, 1.807) is 32.0 Å². The zero-order chi connectivity index (χ0) is 15.0. The zero-order valence-corrected chi connectivity index (χ0v) is 13.4. The molecule has 0 amide bonds. The van der Waals surface area contributed by atoms with Crippen LogP contribution in [0.4, 0.5) is 0 Å². The highest BCUT2D eigenvalue weighted by molar-refractivity contribution is 7.92. The van der Waals surface area contributed by atoms with E-state index in [0.29, 0.717) is 30.3 Å². The van der Waals surface area contributed by atoms with Crippen molar-refractivity contribution in [1.29, 1.82) is 0 Å². The van der Waals surface area contributed by atoms with Crippen LogP contribution < -0.4 is 9.47 Å². The summed E-state index contributed by atoms with van der Waals surface area (Å²) >= 11 is 6.39. The number of sulfone groups is 1. The highest BCUT2D eigenvalue weighted by atomic mass is 35.5. The van der Waals surface area contributed by atoms with Crippen molar-refractivity contribution >= 4 is 21.4 Å². The fourth-order valence-corrected chi connectivity index (χ4v) is 3.06. The fourth-order valence-electron chi connectivity index (χ4n) is 1.93. The number of hydrogen-bond donors (Lipinski definition) is 0. The molecule has 0 radical (unpaired) electrons. The summed E-state index contributed by atoms with van der Waals surface area (Å²) < 4.78 is 33.8. The van der Waals surface area contributed by atoms with Crippen molar-refractivity contribution in [3.8, 4) is 11.5 Å². The van der Waals surface area contributed by atoms with Crippen LogP contribution in [0.1, 0.15) is 31.2 Å². The molecule has 0 aliphatic carbocycles. The van der Waals surface area contributed by atoms with E-state index in [0.717, 1.165) is 6.42 Å². The molecule has 0 saturated heterocycles. The van der Waals surface area contributed by atoms with Crippen molar-refractivity contribution in [3.05, 3.63) is 23.8 Å². The third-order valence-corrected chi connectivity index (χ3v) is 6.70. The van der Waals surface area contributed by atoms with Gasteiger partial charge in [-0.2, -0.15) is 0 Å². The molecule has 4 nitrogen and oxygen atoms in total. The van der Waals surface area contributed by atoms with Crippen LogP contribution in [0.3, 0.4) is 0 Å². The molecular weight excluding hydrogens is 300 g/mol.